The first-order valence-electron chi connectivity index (χ1n) is 7.39. The Hall–Kier alpha value is -1.98. The van der Waals surface area contributed by atoms with E-state index in [9.17, 15) is 4.39 Å². The van der Waals surface area contributed by atoms with Crippen molar-refractivity contribution >= 4 is 5.69 Å². The minimum Gasteiger partial charge on any atom is -0.399 e. The number of nitrogen functional groups attached to an aromatic ring is 1. The van der Waals surface area contributed by atoms with E-state index in [0.29, 0.717) is 28.9 Å². The summed E-state index contributed by atoms with van der Waals surface area (Å²) in [4.78, 5) is 0. The average Bonchev–Trinajstić information content (AvgIpc) is 2.93. The standard InChI is InChI=1S/C15H20FN5/c1-9-3-5-12(7-10(9)2)21-15(18-19-20-21)13-8-11(17)4-6-14(13)16/h4,6,8-10,12H,3,5,7,17H2,1-2H3. The van der Waals surface area contributed by atoms with Crippen LogP contribution in [0.4, 0.5) is 10.1 Å². The van der Waals surface area contributed by atoms with Crippen LogP contribution < -0.4 is 5.73 Å². The van der Waals surface area contributed by atoms with E-state index in [4.69, 9.17) is 5.73 Å². The minimum absolute atomic E-state index is 0.224. The van der Waals surface area contributed by atoms with Crippen LogP contribution in [0.5, 0.6) is 0 Å². The number of nitrogens with two attached hydrogens (primary N) is 1. The molecule has 3 rings (SSSR count). The van der Waals surface area contributed by atoms with Gasteiger partial charge in [-0.2, -0.15) is 0 Å². The van der Waals surface area contributed by atoms with E-state index in [-0.39, 0.29) is 11.9 Å². The van der Waals surface area contributed by atoms with Gasteiger partial charge in [-0.05, 0) is 59.7 Å². The molecule has 1 saturated carbocycles. The highest BCUT2D eigenvalue weighted by molar-refractivity contribution is 5.61. The number of benzene rings is 1. The lowest BCUT2D eigenvalue weighted by Gasteiger charge is -2.32. The predicted molar refractivity (Wildman–Crippen MR) is 78.8 cm³/mol. The van der Waals surface area contributed by atoms with E-state index < -0.39 is 0 Å². The van der Waals surface area contributed by atoms with E-state index >= 15 is 0 Å². The van der Waals surface area contributed by atoms with Gasteiger partial charge in [0.1, 0.15) is 5.82 Å². The van der Waals surface area contributed by atoms with Gasteiger partial charge in [0.15, 0.2) is 5.82 Å². The first-order valence-corrected chi connectivity index (χ1v) is 7.39. The first kappa shape index (κ1) is 14.0. The molecule has 1 aliphatic rings. The zero-order valence-electron chi connectivity index (χ0n) is 12.3. The Morgan fingerprint density at radius 1 is 1.24 bits per heavy atom. The molecule has 6 heteroatoms. The molecule has 1 heterocycles. The highest BCUT2D eigenvalue weighted by Crippen LogP contribution is 2.37. The summed E-state index contributed by atoms with van der Waals surface area (Å²) in [7, 11) is 0. The first-order chi connectivity index (χ1) is 10.1. The molecular formula is C15H20FN5. The minimum atomic E-state index is -0.350. The molecular weight excluding hydrogens is 269 g/mol. The van der Waals surface area contributed by atoms with Crippen LogP contribution in [0.2, 0.25) is 0 Å². The molecule has 21 heavy (non-hydrogen) atoms. The van der Waals surface area contributed by atoms with Crippen molar-refractivity contribution in [1.29, 1.82) is 0 Å². The molecule has 1 aliphatic carbocycles. The molecule has 1 aromatic heterocycles. The molecule has 1 aromatic carbocycles. The SMILES string of the molecule is CC1CCC(n2nnnc2-c2cc(N)ccc2F)CC1C. The van der Waals surface area contributed by atoms with E-state index in [1.54, 1.807) is 10.7 Å². The van der Waals surface area contributed by atoms with Crippen molar-refractivity contribution in [1.82, 2.24) is 20.2 Å². The Labute approximate surface area is 123 Å². The molecule has 0 spiro atoms. The van der Waals surface area contributed by atoms with E-state index in [1.807, 2.05) is 0 Å². The molecule has 0 bridgehead atoms. The highest BCUT2D eigenvalue weighted by Gasteiger charge is 2.28. The maximum Gasteiger partial charge on any atom is 0.185 e. The molecule has 0 aliphatic heterocycles. The molecule has 1 fully saturated rings. The quantitative estimate of drug-likeness (QED) is 0.863. The summed E-state index contributed by atoms with van der Waals surface area (Å²) in [6.07, 6.45) is 3.18. The van der Waals surface area contributed by atoms with Crippen LogP contribution in [-0.4, -0.2) is 20.2 Å². The van der Waals surface area contributed by atoms with Gasteiger partial charge in [-0.3, -0.25) is 0 Å². The zero-order valence-corrected chi connectivity index (χ0v) is 12.3. The third-order valence-corrected chi connectivity index (χ3v) is 4.64. The van der Waals surface area contributed by atoms with Gasteiger partial charge < -0.3 is 5.73 Å². The summed E-state index contributed by atoms with van der Waals surface area (Å²) in [5.41, 5.74) is 6.63. The van der Waals surface area contributed by atoms with Crippen LogP contribution in [0.3, 0.4) is 0 Å². The molecule has 5 nitrogen and oxygen atoms in total. The molecule has 0 radical (unpaired) electrons. The third-order valence-electron chi connectivity index (χ3n) is 4.64. The van der Waals surface area contributed by atoms with Crippen LogP contribution in [0.15, 0.2) is 18.2 Å². The summed E-state index contributed by atoms with van der Waals surface area (Å²) in [5.74, 6) is 1.45. The smallest absolute Gasteiger partial charge is 0.185 e. The lowest BCUT2D eigenvalue weighted by Crippen LogP contribution is -2.24. The molecule has 3 unspecified atom stereocenters. The van der Waals surface area contributed by atoms with Crippen molar-refractivity contribution in [2.45, 2.75) is 39.2 Å². The summed E-state index contributed by atoms with van der Waals surface area (Å²) in [6, 6.07) is 4.71. The van der Waals surface area contributed by atoms with Gasteiger partial charge >= 0.3 is 0 Å². The monoisotopic (exact) mass is 289 g/mol. The number of aromatic nitrogens is 4. The fraction of sp³-hybridized carbons (Fsp3) is 0.533. The lowest BCUT2D eigenvalue weighted by molar-refractivity contribution is 0.200. The fourth-order valence-electron chi connectivity index (χ4n) is 3.07. The number of hydrogen-bond donors (Lipinski definition) is 1. The van der Waals surface area contributed by atoms with Gasteiger partial charge in [-0.25, -0.2) is 9.07 Å². The van der Waals surface area contributed by atoms with Gasteiger partial charge in [0.25, 0.3) is 0 Å². The second-order valence-electron chi connectivity index (χ2n) is 6.11. The van der Waals surface area contributed by atoms with Gasteiger partial charge in [0.2, 0.25) is 0 Å². The van der Waals surface area contributed by atoms with Crippen molar-refractivity contribution in [3.8, 4) is 11.4 Å². The van der Waals surface area contributed by atoms with E-state index in [2.05, 4.69) is 29.4 Å². The van der Waals surface area contributed by atoms with Gasteiger partial charge in [-0.15, -0.1) is 5.10 Å². The van der Waals surface area contributed by atoms with Crippen molar-refractivity contribution in [3.63, 3.8) is 0 Å². The fourth-order valence-corrected chi connectivity index (χ4v) is 3.07. The molecule has 3 atom stereocenters. The van der Waals surface area contributed by atoms with Crippen LogP contribution >= 0.6 is 0 Å². The maximum atomic E-state index is 14.1. The van der Waals surface area contributed by atoms with Crippen molar-refractivity contribution in [2.75, 3.05) is 5.73 Å². The van der Waals surface area contributed by atoms with Gasteiger partial charge in [0.05, 0.1) is 11.6 Å². The maximum absolute atomic E-state index is 14.1. The number of anilines is 1. The zero-order chi connectivity index (χ0) is 15.0. The Morgan fingerprint density at radius 3 is 2.81 bits per heavy atom. The van der Waals surface area contributed by atoms with Gasteiger partial charge in [0, 0.05) is 5.69 Å². The van der Waals surface area contributed by atoms with Crippen LogP contribution in [0.1, 0.15) is 39.2 Å². The number of hydrogen-bond acceptors (Lipinski definition) is 4. The van der Waals surface area contributed by atoms with Crippen LogP contribution in [0.25, 0.3) is 11.4 Å². The second kappa shape index (κ2) is 5.42. The molecule has 112 valence electrons. The Kier molecular flexibility index (Phi) is 3.61. The van der Waals surface area contributed by atoms with Crippen molar-refractivity contribution in [3.05, 3.63) is 24.0 Å². The molecule has 2 aromatic rings. The van der Waals surface area contributed by atoms with Gasteiger partial charge in [-0.1, -0.05) is 13.8 Å². The average molecular weight is 289 g/mol. The molecule has 2 N–H and O–H groups in total. The van der Waals surface area contributed by atoms with Crippen molar-refractivity contribution in [2.24, 2.45) is 11.8 Å². The Morgan fingerprint density at radius 2 is 2.05 bits per heavy atom. The second-order valence-corrected chi connectivity index (χ2v) is 6.11. The molecule has 0 amide bonds. The van der Waals surface area contributed by atoms with E-state index in [0.717, 1.165) is 19.3 Å². The summed E-state index contributed by atoms with van der Waals surface area (Å²) < 4.78 is 15.8. The lowest BCUT2D eigenvalue weighted by atomic mass is 9.79. The Bertz CT molecular complexity index is 639. The summed E-state index contributed by atoms with van der Waals surface area (Å²) in [5, 5.41) is 11.9. The predicted octanol–water partition coefficient (Wildman–Crippen LogP) is 3.06. The third kappa shape index (κ3) is 2.62. The highest BCUT2D eigenvalue weighted by atomic mass is 19.1. The number of rotatable bonds is 2. The van der Waals surface area contributed by atoms with Crippen molar-refractivity contribution < 1.29 is 4.39 Å². The number of halogens is 1. The summed E-state index contributed by atoms with van der Waals surface area (Å²) >= 11 is 0. The van der Waals surface area contributed by atoms with Crippen LogP contribution in [-0.2, 0) is 0 Å². The normalized spacial score (nSPS) is 26.0. The largest absolute Gasteiger partial charge is 0.399 e. The Balaban J connectivity index is 1.96. The topological polar surface area (TPSA) is 69.6 Å². The van der Waals surface area contributed by atoms with Crippen LogP contribution in [0, 0.1) is 17.7 Å². The summed E-state index contributed by atoms with van der Waals surface area (Å²) in [6.45, 7) is 4.53. The molecule has 0 saturated heterocycles. The number of nitrogens with zero attached hydrogens (tertiary/aromatic N) is 4. The van der Waals surface area contributed by atoms with E-state index in [1.165, 1.54) is 12.1 Å². The number of tetrazole rings is 1.